The largest absolute Gasteiger partial charge is 0.383 e. The second kappa shape index (κ2) is 7.91. The maximum atomic E-state index is 8.73. The summed E-state index contributed by atoms with van der Waals surface area (Å²) in [5.74, 6) is 0.908. The summed E-state index contributed by atoms with van der Waals surface area (Å²) in [7, 11) is 3.67. The van der Waals surface area contributed by atoms with E-state index in [1.807, 2.05) is 54.6 Å². The molecule has 0 bridgehead atoms. The van der Waals surface area contributed by atoms with Crippen molar-refractivity contribution in [2.24, 2.45) is 0 Å². The van der Waals surface area contributed by atoms with Gasteiger partial charge in [-0.25, -0.2) is 4.98 Å². The Hall–Kier alpha value is -2.71. The second-order valence-corrected chi connectivity index (χ2v) is 4.78. The molecule has 0 aromatic carbocycles. The number of likely N-dealkylation sites (N-methyl/N-ethyl adjacent to an activating group) is 1. The first-order chi connectivity index (χ1) is 10.7. The standard InChI is InChI=1S/C17H18N4O/c1-21(9-10-22-2)17-8-5-14(12-20-17)3-6-16-7-4-15(11-18)13-19-16/h3-8,12-13H,9-10H2,1-2H3. The lowest BCUT2D eigenvalue weighted by Crippen LogP contribution is -2.22. The molecule has 0 atom stereocenters. The number of ether oxygens (including phenoxy) is 1. The summed E-state index contributed by atoms with van der Waals surface area (Å²) in [6.07, 6.45) is 7.22. The summed E-state index contributed by atoms with van der Waals surface area (Å²) in [5, 5.41) is 8.73. The van der Waals surface area contributed by atoms with Crippen molar-refractivity contribution >= 4 is 18.0 Å². The van der Waals surface area contributed by atoms with Gasteiger partial charge in [0.05, 0.1) is 17.9 Å². The van der Waals surface area contributed by atoms with Gasteiger partial charge >= 0.3 is 0 Å². The number of methoxy groups -OCH3 is 1. The minimum Gasteiger partial charge on any atom is -0.383 e. The van der Waals surface area contributed by atoms with Gasteiger partial charge in [0.1, 0.15) is 11.9 Å². The molecule has 2 rings (SSSR count). The van der Waals surface area contributed by atoms with E-state index in [-0.39, 0.29) is 0 Å². The molecule has 0 spiro atoms. The van der Waals surface area contributed by atoms with Crippen LogP contribution in [0, 0.1) is 11.3 Å². The molecular weight excluding hydrogens is 276 g/mol. The molecule has 0 aliphatic carbocycles. The predicted molar refractivity (Wildman–Crippen MR) is 87.3 cm³/mol. The number of anilines is 1. The Labute approximate surface area is 130 Å². The van der Waals surface area contributed by atoms with E-state index in [2.05, 4.69) is 9.97 Å². The molecule has 0 N–H and O–H groups in total. The molecular formula is C17H18N4O. The van der Waals surface area contributed by atoms with E-state index in [0.717, 1.165) is 23.6 Å². The predicted octanol–water partition coefficient (Wildman–Crippen LogP) is 2.60. The molecule has 0 saturated carbocycles. The van der Waals surface area contributed by atoms with Gasteiger partial charge in [-0.15, -0.1) is 0 Å². The van der Waals surface area contributed by atoms with E-state index >= 15 is 0 Å². The van der Waals surface area contributed by atoms with Crippen molar-refractivity contribution in [2.75, 3.05) is 32.2 Å². The molecule has 0 saturated heterocycles. The van der Waals surface area contributed by atoms with E-state index in [1.54, 1.807) is 19.4 Å². The monoisotopic (exact) mass is 294 g/mol. The number of hydrogen-bond donors (Lipinski definition) is 0. The van der Waals surface area contributed by atoms with E-state index < -0.39 is 0 Å². The molecule has 0 unspecified atom stereocenters. The lowest BCUT2D eigenvalue weighted by molar-refractivity contribution is 0.206. The van der Waals surface area contributed by atoms with Gasteiger partial charge in [0.15, 0.2) is 0 Å². The summed E-state index contributed by atoms with van der Waals surface area (Å²) in [4.78, 5) is 10.7. The molecule has 0 aliphatic rings. The zero-order chi connectivity index (χ0) is 15.8. The summed E-state index contributed by atoms with van der Waals surface area (Å²) < 4.78 is 5.05. The summed E-state index contributed by atoms with van der Waals surface area (Å²) >= 11 is 0. The van der Waals surface area contributed by atoms with Gasteiger partial charge in [-0.3, -0.25) is 4.98 Å². The van der Waals surface area contributed by atoms with Crippen LogP contribution in [-0.4, -0.2) is 37.3 Å². The molecule has 112 valence electrons. The van der Waals surface area contributed by atoms with E-state index in [0.29, 0.717) is 12.2 Å². The van der Waals surface area contributed by atoms with Crippen molar-refractivity contribution in [3.63, 3.8) is 0 Å². The van der Waals surface area contributed by atoms with Crippen LogP contribution in [0.25, 0.3) is 12.2 Å². The van der Waals surface area contributed by atoms with Crippen LogP contribution in [-0.2, 0) is 4.74 Å². The minimum atomic E-state index is 0.558. The zero-order valence-corrected chi connectivity index (χ0v) is 12.7. The second-order valence-electron chi connectivity index (χ2n) is 4.78. The number of pyridine rings is 2. The van der Waals surface area contributed by atoms with Crippen LogP contribution in [0.5, 0.6) is 0 Å². The third kappa shape index (κ3) is 4.40. The highest BCUT2D eigenvalue weighted by Crippen LogP contribution is 2.12. The Bertz CT molecular complexity index is 657. The number of nitriles is 1. The molecule has 0 fully saturated rings. The van der Waals surface area contributed by atoms with Gasteiger partial charge in [-0.2, -0.15) is 5.26 Å². The third-order valence-corrected chi connectivity index (χ3v) is 3.15. The molecule has 0 aliphatic heterocycles. The van der Waals surface area contributed by atoms with Crippen molar-refractivity contribution in [1.82, 2.24) is 9.97 Å². The van der Waals surface area contributed by atoms with Gasteiger partial charge in [0, 0.05) is 33.1 Å². The lowest BCUT2D eigenvalue weighted by Gasteiger charge is -2.17. The normalized spacial score (nSPS) is 10.6. The lowest BCUT2D eigenvalue weighted by atomic mass is 10.2. The first-order valence-corrected chi connectivity index (χ1v) is 6.93. The van der Waals surface area contributed by atoms with Crippen molar-refractivity contribution < 1.29 is 4.74 Å². The highest BCUT2D eigenvalue weighted by atomic mass is 16.5. The van der Waals surface area contributed by atoms with Crippen molar-refractivity contribution in [2.45, 2.75) is 0 Å². The first-order valence-electron chi connectivity index (χ1n) is 6.93. The Morgan fingerprint density at radius 1 is 1.18 bits per heavy atom. The van der Waals surface area contributed by atoms with Gasteiger partial charge < -0.3 is 9.64 Å². The quantitative estimate of drug-likeness (QED) is 0.819. The van der Waals surface area contributed by atoms with Crippen LogP contribution >= 0.6 is 0 Å². The Balaban J connectivity index is 2.01. The Kier molecular flexibility index (Phi) is 5.64. The summed E-state index contributed by atoms with van der Waals surface area (Å²) in [5.41, 5.74) is 2.36. The first kappa shape index (κ1) is 15.7. The van der Waals surface area contributed by atoms with E-state index in [1.165, 1.54) is 0 Å². The highest BCUT2D eigenvalue weighted by Gasteiger charge is 2.01. The van der Waals surface area contributed by atoms with Crippen molar-refractivity contribution in [3.05, 3.63) is 53.5 Å². The maximum Gasteiger partial charge on any atom is 0.128 e. The molecule has 2 heterocycles. The molecule has 5 heteroatoms. The fraction of sp³-hybridized carbons (Fsp3) is 0.235. The topological polar surface area (TPSA) is 62.0 Å². The average Bonchev–Trinajstić information content (AvgIpc) is 2.58. The van der Waals surface area contributed by atoms with Crippen molar-refractivity contribution in [1.29, 1.82) is 5.26 Å². The molecule has 22 heavy (non-hydrogen) atoms. The number of hydrogen-bond acceptors (Lipinski definition) is 5. The molecule has 2 aromatic heterocycles. The van der Waals surface area contributed by atoms with Gasteiger partial charge in [0.25, 0.3) is 0 Å². The van der Waals surface area contributed by atoms with Gasteiger partial charge in [-0.1, -0.05) is 6.08 Å². The van der Waals surface area contributed by atoms with Gasteiger partial charge in [0.2, 0.25) is 0 Å². The van der Waals surface area contributed by atoms with E-state index in [4.69, 9.17) is 10.00 Å². The number of aromatic nitrogens is 2. The number of nitrogens with zero attached hydrogens (tertiary/aromatic N) is 4. The smallest absolute Gasteiger partial charge is 0.128 e. The fourth-order valence-electron chi connectivity index (χ4n) is 1.82. The van der Waals surface area contributed by atoms with Crippen molar-refractivity contribution in [3.8, 4) is 6.07 Å². The molecule has 0 amide bonds. The maximum absolute atomic E-state index is 8.73. The molecule has 2 aromatic rings. The fourth-order valence-corrected chi connectivity index (χ4v) is 1.82. The zero-order valence-electron chi connectivity index (χ0n) is 12.7. The average molecular weight is 294 g/mol. The highest BCUT2D eigenvalue weighted by molar-refractivity contribution is 5.68. The SMILES string of the molecule is COCCN(C)c1ccc(C=Cc2ccc(C#N)cn2)cn1. The van der Waals surface area contributed by atoms with Crippen LogP contribution in [0.15, 0.2) is 36.7 Å². The molecule has 5 nitrogen and oxygen atoms in total. The van der Waals surface area contributed by atoms with Crippen LogP contribution < -0.4 is 4.90 Å². The summed E-state index contributed by atoms with van der Waals surface area (Å²) in [6, 6.07) is 9.59. The molecule has 0 radical (unpaired) electrons. The Morgan fingerprint density at radius 2 is 2.05 bits per heavy atom. The van der Waals surface area contributed by atoms with Crippen LogP contribution in [0.3, 0.4) is 0 Å². The van der Waals surface area contributed by atoms with Crippen LogP contribution in [0.4, 0.5) is 5.82 Å². The summed E-state index contributed by atoms with van der Waals surface area (Å²) in [6.45, 7) is 1.47. The van der Waals surface area contributed by atoms with Gasteiger partial charge in [-0.05, 0) is 35.9 Å². The Morgan fingerprint density at radius 3 is 2.64 bits per heavy atom. The van der Waals surface area contributed by atoms with Crippen LogP contribution in [0.2, 0.25) is 0 Å². The third-order valence-electron chi connectivity index (χ3n) is 3.15. The van der Waals surface area contributed by atoms with Crippen LogP contribution in [0.1, 0.15) is 16.8 Å². The van der Waals surface area contributed by atoms with E-state index in [9.17, 15) is 0 Å². The minimum absolute atomic E-state index is 0.558. The number of rotatable bonds is 6.